The number of aliphatic imine (C=N–C) groups is 1. The van der Waals surface area contributed by atoms with Crippen LogP contribution in [-0.4, -0.2) is 66.2 Å². The second kappa shape index (κ2) is 9.90. The van der Waals surface area contributed by atoms with Gasteiger partial charge in [0.15, 0.2) is 5.96 Å². The van der Waals surface area contributed by atoms with Crippen molar-refractivity contribution in [2.45, 2.75) is 19.4 Å². The van der Waals surface area contributed by atoms with Crippen LogP contribution in [0.2, 0.25) is 0 Å². The summed E-state index contributed by atoms with van der Waals surface area (Å²) < 4.78 is 6.02. The molecule has 2 aliphatic heterocycles. The number of hydrogen-bond donors (Lipinski definition) is 1. The number of para-hydroxylation sites is 1. The average molecular weight is 494 g/mol. The molecule has 150 valence electrons. The Morgan fingerprint density at radius 3 is 2.61 bits per heavy atom. The van der Waals surface area contributed by atoms with Gasteiger partial charge in [-0.2, -0.15) is 0 Å². The van der Waals surface area contributed by atoms with Crippen LogP contribution in [0, 0.1) is 0 Å². The quantitative estimate of drug-likeness (QED) is 0.400. The van der Waals surface area contributed by atoms with Crippen LogP contribution in [0.15, 0.2) is 47.7 Å². The Morgan fingerprint density at radius 1 is 1.14 bits per heavy atom. The van der Waals surface area contributed by atoms with Crippen molar-refractivity contribution < 1.29 is 4.74 Å². The van der Waals surface area contributed by atoms with E-state index in [0.29, 0.717) is 6.54 Å². The van der Waals surface area contributed by atoms with E-state index in [-0.39, 0.29) is 30.1 Å². The first kappa shape index (κ1) is 20.6. The Hall–Kier alpha value is -2.10. The Kier molecular flexibility index (Phi) is 7.30. The van der Waals surface area contributed by atoms with E-state index < -0.39 is 0 Å². The number of halogens is 1. The van der Waals surface area contributed by atoms with Gasteiger partial charge in [-0.1, -0.05) is 18.2 Å². The number of nitrogens with one attached hydrogen (secondary N) is 1. The molecule has 2 aromatic rings. The Balaban J connectivity index is 0.00000225. The van der Waals surface area contributed by atoms with Gasteiger partial charge >= 0.3 is 0 Å². The van der Waals surface area contributed by atoms with Crippen LogP contribution in [0.1, 0.15) is 12.5 Å². The van der Waals surface area contributed by atoms with Gasteiger partial charge in [0.1, 0.15) is 11.9 Å². The second-order valence-electron chi connectivity index (χ2n) is 6.77. The maximum atomic E-state index is 6.02. The molecule has 1 saturated heterocycles. The van der Waals surface area contributed by atoms with E-state index in [1.165, 1.54) is 5.56 Å². The lowest BCUT2D eigenvalue weighted by molar-refractivity contribution is 0.240. The molecule has 3 heterocycles. The zero-order valence-corrected chi connectivity index (χ0v) is 18.5. The van der Waals surface area contributed by atoms with E-state index >= 15 is 0 Å². The van der Waals surface area contributed by atoms with E-state index in [2.05, 4.69) is 44.1 Å². The van der Waals surface area contributed by atoms with Crippen molar-refractivity contribution in [1.29, 1.82) is 0 Å². The lowest BCUT2D eigenvalue weighted by Gasteiger charge is -2.36. The molecule has 1 aromatic heterocycles. The molecule has 0 saturated carbocycles. The molecule has 1 unspecified atom stereocenters. The molecule has 2 aliphatic rings. The SMILES string of the molecule is CCNC(=NCC1Cc2ccccc2O1)N1CCN(c2ncccn2)CC1.I. The average Bonchev–Trinajstić information content (AvgIpc) is 3.15. The van der Waals surface area contributed by atoms with Crippen molar-refractivity contribution in [3.8, 4) is 5.75 Å². The highest BCUT2D eigenvalue weighted by atomic mass is 127. The minimum Gasteiger partial charge on any atom is -0.488 e. The van der Waals surface area contributed by atoms with Crippen molar-refractivity contribution >= 4 is 35.9 Å². The maximum Gasteiger partial charge on any atom is 0.225 e. The summed E-state index contributed by atoms with van der Waals surface area (Å²) in [5.74, 6) is 2.76. The monoisotopic (exact) mass is 494 g/mol. The number of piperazine rings is 1. The van der Waals surface area contributed by atoms with E-state index in [0.717, 1.165) is 56.8 Å². The van der Waals surface area contributed by atoms with Crippen LogP contribution in [0.4, 0.5) is 5.95 Å². The van der Waals surface area contributed by atoms with Crippen molar-refractivity contribution in [3.63, 3.8) is 0 Å². The highest BCUT2D eigenvalue weighted by molar-refractivity contribution is 14.0. The second-order valence-corrected chi connectivity index (χ2v) is 6.77. The number of nitrogens with zero attached hydrogens (tertiary/aromatic N) is 5. The Labute approximate surface area is 183 Å². The third-order valence-corrected chi connectivity index (χ3v) is 4.91. The van der Waals surface area contributed by atoms with E-state index in [4.69, 9.17) is 9.73 Å². The summed E-state index contributed by atoms with van der Waals surface area (Å²) in [6, 6.07) is 10.1. The minimum absolute atomic E-state index is 0. The van der Waals surface area contributed by atoms with Gasteiger partial charge in [0.05, 0.1) is 6.54 Å². The van der Waals surface area contributed by atoms with Gasteiger partial charge in [-0.15, -0.1) is 24.0 Å². The zero-order chi connectivity index (χ0) is 18.5. The van der Waals surface area contributed by atoms with Crippen molar-refractivity contribution in [2.75, 3.05) is 44.2 Å². The first-order valence-electron chi connectivity index (χ1n) is 9.63. The summed E-state index contributed by atoms with van der Waals surface area (Å²) in [5.41, 5.74) is 1.28. The van der Waals surface area contributed by atoms with Crippen molar-refractivity contribution in [3.05, 3.63) is 48.3 Å². The molecule has 0 radical (unpaired) electrons. The summed E-state index contributed by atoms with van der Waals surface area (Å²) in [4.78, 5) is 18.1. The molecule has 1 fully saturated rings. The summed E-state index contributed by atoms with van der Waals surface area (Å²) in [6.07, 6.45) is 4.63. The summed E-state index contributed by atoms with van der Waals surface area (Å²) in [7, 11) is 0. The molecule has 0 aliphatic carbocycles. The van der Waals surface area contributed by atoms with E-state index in [1.807, 2.05) is 18.2 Å². The molecule has 7 nitrogen and oxygen atoms in total. The van der Waals surface area contributed by atoms with Crippen LogP contribution in [0.5, 0.6) is 5.75 Å². The molecule has 1 N–H and O–H groups in total. The lowest BCUT2D eigenvalue weighted by atomic mass is 10.1. The standard InChI is InChI=1S/C20H26N6O.HI/c1-2-21-19(24-15-17-14-16-6-3-4-7-18(16)27-17)25-10-12-26(13-11-25)20-22-8-5-9-23-20;/h3-9,17H,2,10-15H2,1H3,(H,21,24);1H. The number of aromatic nitrogens is 2. The molecule has 0 spiro atoms. The molecule has 8 heteroatoms. The molecular weight excluding hydrogens is 467 g/mol. The fraction of sp³-hybridized carbons (Fsp3) is 0.450. The van der Waals surface area contributed by atoms with Crippen LogP contribution >= 0.6 is 24.0 Å². The summed E-state index contributed by atoms with van der Waals surface area (Å²) >= 11 is 0. The van der Waals surface area contributed by atoms with Crippen molar-refractivity contribution in [1.82, 2.24) is 20.2 Å². The third-order valence-electron chi connectivity index (χ3n) is 4.91. The Bertz CT molecular complexity index is 754. The lowest BCUT2D eigenvalue weighted by Crippen LogP contribution is -2.53. The molecular formula is C20H27IN6O. The predicted molar refractivity (Wildman–Crippen MR) is 122 cm³/mol. The fourth-order valence-electron chi connectivity index (χ4n) is 3.54. The number of ether oxygens (including phenoxy) is 1. The largest absolute Gasteiger partial charge is 0.488 e. The molecule has 0 bridgehead atoms. The van der Waals surface area contributed by atoms with Crippen LogP contribution < -0.4 is 15.0 Å². The van der Waals surface area contributed by atoms with Gasteiger partial charge < -0.3 is 19.9 Å². The zero-order valence-electron chi connectivity index (χ0n) is 16.1. The Morgan fingerprint density at radius 2 is 1.89 bits per heavy atom. The first-order chi connectivity index (χ1) is 13.3. The van der Waals surface area contributed by atoms with Crippen molar-refractivity contribution in [2.24, 2.45) is 4.99 Å². The topological polar surface area (TPSA) is 65.9 Å². The predicted octanol–water partition coefficient (Wildman–Crippen LogP) is 2.19. The smallest absolute Gasteiger partial charge is 0.225 e. The van der Waals surface area contributed by atoms with Gasteiger partial charge in [-0.25, -0.2) is 15.0 Å². The number of rotatable bonds is 4. The van der Waals surface area contributed by atoms with Gasteiger partial charge in [0.2, 0.25) is 5.95 Å². The molecule has 0 amide bonds. The van der Waals surface area contributed by atoms with Crippen LogP contribution in [-0.2, 0) is 6.42 Å². The van der Waals surface area contributed by atoms with Gasteiger partial charge in [-0.3, -0.25) is 0 Å². The fourth-order valence-corrected chi connectivity index (χ4v) is 3.54. The number of guanidine groups is 1. The number of anilines is 1. The number of hydrogen-bond acceptors (Lipinski definition) is 5. The number of benzene rings is 1. The molecule has 4 rings (SSSR count). The third kappa shape index (κ3) is 4.84. The van der Waals surface area contributed by atoms with Gasteiger partial charge in [-0.05, 0) is 24.6 Å². The minimum atomic E-state index is 0. The molecule has 1 aromatic carbocycles. The van der Waals surface area contributed by atoms with E-state index in [1.54, 1.807) is 12.4 Å². The summed E-state index contributed by atoms with van der Waals surface area (Å²) in [5, 5.41) is 3.42. The van der Waals surface area contributed by atoms with Crippen LogP contribution in [0.25, 0.3) is 0 Å². The van der Waals surface area contributed by atoms with Crippen LogP contribution in [0.3, 0.4) is 0 Å². The van der Waals surface area contributed by atoms with Gasteiger partial charge in [0.25, 0.3) is 0 Å². The maximum absolute atomic E-state index is 6.02. The normalized spacial score (nSPS) is 18.9. The number of fused-ring (bicyclic) bond motifs is 1. The van der Waals surface area contributed by atoms with Gasteiger partial charge in [0, 0.05) is 51.5 Å². The summed E-state index contributed by atoms with van der Waals surface area (Å²) in [6.45, 7) is 7.20. The highest BCUT2D eigenvalue weighted by Crippen LogP contribution is 2.28. The molecule has 28 heavy (non-hydrogen) atoms. The molecule has 1 atom stereocenters. The first-order valence-corrected chi connectivity index (χ1v) is 9.63. The highest BCUT2D eigenvalue weighted by Gasteiger charge is 2.24. The van der Waals surface area contributed by atoms with E-state index in [9.17, 15) is 0 Å².